The Kier molecular flexibility index (Phi) is 6.40. The molecule has 0 unspecified atom stereocenters. The molecule has 1 N–H and O–H groups in total. The van der Waals surface area contributed by atoms with Crippen molar-refractivity contribution < 1.29 is 13.2 Å². The molecule has 1 fully saturated rings. The number of amides is 1. The van der Waals surface area contributed by atoms with E-state index in [-0.39, 0.29) is 17.3 Å². The molecule has 28 heavy (non-hydrogen) atoms. The van der Waals surface area contributed by atoms with Crippen LogP contribution in [0.3, 0.4) is 0 Å². The van der Waals surface area contributed by atoms with Crippen LogP contribution in [-0.2, 0) is 14.8 Å². The first-order chi connectivity index (χ1) is 13.3. The van der Waals surface area contributed by atoms with E-state index in [1.807, 2.05) is 36.9 Å². The van der Waals surface area contributed by atoms with Gasteiger partial charge in [0.15, 0.2) is 0 Å². The Morgan fingerprint density at radius 1 is 1.04 bits per heavy atom. The molecule has 1 saturated heterocycles. The average molecular weight is 422 g/mol. The Morgan fingerprint density at radius 2 is 1.68 bits per heavy atom. The Morgan fingerprint density at radius 3 is 2.29 bits per heavy atom. The van der Waals surface area contributed by atoms with Gasteiger partial charge in [0.1, 0.15) is 0 Å². The molecule has 0 spiro atoms. The molecule has 1 heterocycles. The average Bonchev–Trinajstić information content (AvgIpc) is 2.65. The number of anilines is 1. The third kappa shape index (κ3) is 4.91. The highest BCUT2D eigenvalue weighted by Crippen LogP contribution is 2.20. The molecule has 0 atom stereocenters. The van der Waals surface area contributed by atoms with E-state index in [4.69, 9.17) is 11.6 Å². The quantitative estimate of drug-likeness (QED) is 0.805. The van der Waals surface area contributed by atoms with Gasteiger partial charge in [0.2, 0.25) is 15.9 Å². The van der Waals surface area contributed by atoms with Gasteiger partial charge in [0, 0.05) is 36.9 Å². The molecule has 0 bridgehead atoms. The number of hydrogen-bond donors (Lipinski definition) is 1. The van der Waals surface area contributed by atoms with Gasteiger partial charge in [-0.3, -0.25) is 9.69 Å². The van der Waals surface area contributed by atoms with Crippen molar-refractivity contribution in [1.82, 2.24) is 9.21 Å². The van der Waals surface area contributed by atoms with E-state index in [9.17, 15) is 13.2 Å². The minimum absolute atomic E-state index is 0.0963. The lowest BCUT2D eigenvalue weighted by molar-refractivity contribution is -0.117. The summed E-state index contributed by atoms with van der Waals surface area (Å²) in [5.41, 5.74) is 2.97. The first-order valence-electron chi connectivity index (χ1n) is 9.11. The number of nitrogens with zero attached hydrogens (tertiary/aromatic N) is 2. The summed E-state index contributed by atoms with van der Waals surface area (Å²) in [5, 5.41) is 3.43. The molecular weight excluding hydrogens is 398 g/mol. The van der Waals surface area contributed by atoms with Crippen LogP contribution >= 0.6 is 11.6 Å². The molecule has 3 rings (SSSR count). The molecule has 0 saturated carbocycles. The van der Waals surface area contributed by atoms with E-state index in [0.29, 0.717) is 31.2 Å². The highest BCUT2D eigenvalue weighted by Gasteiger charge is 2.29. The molecule has 0 radical (unpaired) electrons. The fraction of sp³-hybridized carbons (Fsp3) is 0.350. The molecule has 2 aromatic carbocycles. The van der Waals surface area contributed by atoms with Gasteiger partial charge in [0.05, 0.1) is 11.4 Å². The lowest BCUT2D eigenvalue weighted by atomic mass is 10.1. The van der Waals surface area contributed by atoms with Gasteiger partial charge >= 0.3 is 0 Å². The number of nitrogens with one attached hydrogen (secondary N) is 1. The standard InChI is InChI=1S/C20H24ClN3O3S/c1-15-3-8-19(16(2)13-15)22-20(25)14-23-9-11-24(12-10-23)28(26,27)18-6-4-17(21)5-7-18/h3-8,13H,9-12,14H2,1-2H3,(H,22,25). The van der Waals surface area contributed by atoms with Crippen LogP contribution in [0.25, 0.3) is 0 Å². The van der Waals surface area contributed by atoms with E-state index in [1.54, 1.807) is 12.1 Å². The number of halogens is 1. The fourth-order valence-corrected chi connectivity index (χ4v) is 4.78. The van der Waals surface area contributed by atoms with Crippen molar-refractivity contribution >= 4 is 33.2 Å². The molecule has 1 amide bonds. The zero-order valence-corrected chi connectivity index (χ0v) is 17.6. The van der Waals surface area contributed by atoms with Gasteiger partial charge in [-0.25, -0.2) is 8.42 Å². The van der Waals surface area contributed by atoms with Crippen LogP contribution < -0.4 is 5.32 Å². The summed E-state index contributed by atoms with van der Waals surface area (Å²) in [6.45, 7) is 5.92. The van der Waals surface area contributed by atoms with Crippen LogP contribution in [0.2, 0.25) is 5.02 Å². The highest BCUT2D eigenvalue weighted by molar-refractivity contribution is 7.89. The van der Waals surface area contributed by atoms with Crippen LogP contribution in [-0.4, -0.2) is 56.3 Å². The molecular formula is C20H24ClN3O3S. The Hall–Kier alpha value is -1.93. The van der Waals surface area contributed by atoms with E-state index in [1.165, 1.54) is 16.4 Å². The van der Waals surface area contributed by atoms with Crippen molar-refractivity contribution in [3.05, 3.63) is 58.6 Å². The van der Waals surface area contributed by atoms with E-state index in [2.05, 4.69) is 5.32 Å². The van der Waals surface area contributed by atoms with Gasteiger partial charge in [0.25, 0.3) is 0 Å². The second kappa shape index (κ2) is 8.61. The number of rotatable bonds is 5. The van der Waals surface area contributed by atoms with Crippen LogP contribution in [0, 0.1) is 13.8 Å². The number of piperazine rings is 1. The lowest BCUT2D eigenvalue weighted by Gasteiger charge is -2.33. The number of carbonyl (C=O) groups excluding carboxylic acids is 1. The summed E-state index contributed by atoms with van der Waals surface area (Å²) in [6, 6.07) is 12.1. The molecule has 0 aliphatic carbocycles. The van der Waals surface area contributed by atoms with Crippen molar-refractivity contribution in [2.24, 2.45) is 0 Å². The normalized spacial score (nSPS) is 16.1. The second-order valence-electron chi connectivity index (χ2n) is 7.00. The summed E-state index contributed by atoms with van der Waals surface area (Å²) in [5.74, 6) is -0.0963. The summed E-state index contributed by atoms with van der Waals surface area (Å²) >= 11 is 5.84. The second-order valence-corrected chi connectivity index (χ2v) is 9.38. The van der Waals surface area contributed by atoms with Crippen LogP contribution in [0.4, 0.5) is 5.69 Å². The molecule has 1 aliphatic rings. The smallest absolute Gasteiger partial charge is 0.243 e. The van der Waals surface area contributed by atoms with E-state index >= 15 is 0 Å². The zero-order chi connectivity index (χ0) is 20.3. The monoisotopic (exact) mass is 421 g/mol. The van der Waals surface area contributed by atoms with Crippen molar-refractivity contribution in [2.45, 2.75) is 18.7 Å². The van der Waals surface area contributed by atoms with Crippen LogP contribution in [0.15, 0.2) is 47.4 Å². The lowest BCUT2D eigenvalue weighted by Crippen LogP contribution is -2.50. The maximum atomic E-state index is 12.7. The predicted octanol–water partition coefficient (Wildman–Crippen LogP) is 2.90. The number of sulfonamides is 1. The molecule has 0 aromatic heterocycles. The Labute approximate surface area is 171 Å². The van der Waals surface area contributed by atoms with Crippen molar-refractivity contribution in [3.63, 3.8) is 0 Å². The first kappa shape index (κ1) is 20.8. The Balaban J connectivity index is 1.55. The number of aryl methyl sites for hydroxylation is 2. The summed E-state index contributed by atoms with van der Waals surface area (Å²) in [6.07, 6.45) is 0. The predicted molar refractivity (Wildman–Crippen MR) is 111 cm³/mol. The number of carbonyl (C=O) groups is 1. The highest BCUT2D eigenvalue weighted by atomic mass is 35.5. The topological polar surface area (TPSA) is 69.7 Å². The van der Waals surface area contributed by atoms with Gasteiger partial charge < -0.3 is 5.32 Å². The number of hydrogen-bond acceptors (Lipinski definition) is 4. The van der Waals surface area contributed by atoms with Gasteiger partial charge in [-0.05, 0) is 49.7 Å². The molecule has 8 heteroatoms. The van der Waals surface area contributed by atoms with E-state index in [0.717, 1.165) is 16.8 Å². The fourth-order valence-electron chi connectivity index (χ4n) is 3.23. The molecule has 1 aliphatic heterocycles. The summed E-state index contributed by atoms with van der Waals surface area (Å²) in [4.78, 5) is 14.6. The third-order valence-electron chi connectivity index (χ3n) is 4.81. The first-order valence-corrected chi connectivity index (χ1v) is 10.9. The van der Waals surface area contributed by atoms with Crippen molar-refractivity contribution in [3.8, 4) is 0 Å². The molecule has 2 aromatic rings. The third-order valence-corrected chi connectivity index (χ3v) is 6.97. The number of benzene rings is 2. The SMILES string of the molecule is Cc1ccc(NC(=O)CN2CCN(S(=O)(=O)c3ccc(Cl)cc3)CC2)c(C)c1. The molecule has 6 nitrogen and oxygen atoms in total. The van der Waals surface area contributed by atoms with E-state index < -0.39 is 10.0 Å². The van der Waals surface area contributed by atoms with Gasteiger partial charge in [-0.2, -0.15) is 4.31 Å². The maximum absolute atomic E-state index is 12.7. The minimum Gasteiger partial charge on any atom is -0.325 e. The zero-order valence-electron chi connectivity index (χ0n) is 16.0. The molecule has 150 valence electrons. The summed E-state index contributed by atoms with van der Waals surface area (Å²) in [7, 11) is -3.54. The van der Waals surface area contributed by atoms with Crippen molar-refractivity contribution in [1.29, 1.82) is 0 Å². The van der Waals surface area contributed by atoms with Gasteiger partial charge in [-0.15, -0.1) is 0 Å². The van der Waals surface area contributed by atoms with Crippen LogP contribution in [0.1, 0.15) is 11.1 Å². The minimum atomic E-state index is -3.54. The van der Waals surface area contributed by atoms with Crippen molar-refractivity contribution in [2.75, 3.05) is 38.0 Å². The summed E-state index contributed by atoms with van der Waals surface area (Å²) < 4.78 is 26.9. The largest absolute Gasteiger partial charge is 0.325 e. The van der Waals surface area contributed by atoms with Crippen LogP contribution in [0.5, 0.6) is 0 Å². The Bertz CT molecular complexity index is 953. The van der Waals surface area contributed by atoms with Gasteiger partial charge in [-0.1, -0.05) is 29.3 Å². The maximum Gasteiger partial charge on any atom is 0.243 e.